The first-order valence-electron chi connectivity index (χ1n) is 2.44. The predicted octanol–water partition coefficient (Wildman–Crippen LogP) is 1.49. The van der Waals surface area contributed by atoms with E-state index in [1.54, 1.807) is 0 Å². The first-order valence-corrected chi connectivity index (χ1v) is 3.21. The molecule has 0 bridgehead atoms. The number of nitrogens with zero attached hydrogens (tertiary/aromatic N) is 1. The summed E-state index contributed by atoms with van der Waals surface area (Å²) in [6.07, 6.45) is 0. The van der Waals surface area contributed by atoms with Crippen LogP contribution in [0.1, 0.15) is 5.69 Å². The SMILES string of the molecule is CNc1cc(C)ns1. The van der Waals surface area contributed by atoms with Gasteiger partial charge in [-0.1, -0.05) is 0 Å². The van der Waals surface area contributed by atoms with Crippen LogP contribution in [-0.4, -0.2) is 11.4 Å². The van der Waals surface area contributed by atoms with Gasteiger partial charge in [-0.15, -0.1) is 0 Å². The van der Waals surface area contributed by atoms with E-state index in [4.69, 9.17) is 0 Å². The maximum atomic E-state index is 4.07. The maximum absolute atomic E-state index is 4.07. The summed E-state index contributed by atoms with van der Waals surface area (Å²) in [4.78, 5) is 0. The van der Waals surface area contributed by atoms with E-state index in [2.05, 4.69) is 9.69 Å². The molecule has 0 spiro atoms. The Bertz CT molecular complexity index is 171. The summed E-state index contributed by atoms with van der Waals surface area (Å²) < 4.78 is 4.07. The summed E-state index contributed by atoms with van der Waals surface area (Å²) in [5.74, 6) is 0. The van der Waals surface area contributed by atoms with E-state index in [1.165, 1.54) is 11.5 Å². The average Bonchev–Trinajstić information content (AvgIpc) is 2.14. The molecule has 0 saturated carbocycles. The Morgan fingerprint density at radius 1 is 1.75 bits per heavy atom. The van der Waals surface area contributed by atoms with E-state index < -0.39 is 0 Å². The molecule has 44 valence electrons. The minimum atomic E-state index is 1.08. The molecule has 0 unspecified atom stereocenters. The minimum Gasteiger partial charge on any atom is -0.379 e. The lowest BCUT2D eigenvalue weighted by Crippen LogP contribution is -1.80. The van der Waals surface area contributed by atoms with Gasteiger partial charge in [0.25, 0.3) is 0 Å². The number of hydrogen-bond donors (Lipinski definition) is 1. The number of hydrogen-bond acceptors (Lipinski definition) is 3. The zero-order valence-electron chi connectivity index (χ0n) is 4.93. The largest absolute Gasteiger partial charge is 0.379 e. The fourth-order valence-electron chi connectivity index (χ4n) is 0.481. The summed E-state index contributed by atoms with van der Waals surface area (Å²) in [7, 11) is 1.90. The molecule has 1 N–H and O–H groups in total. The van der Waals surface area contributed by atoms with Crippen molar-refractivity contribution in [2.45, 2.75) is 6.92 Å². The molecule has 1 aromatic rings. The Morgan fingerprint density at radius 2 is 2.50 bits per heavy atom. The van der Waals surface area contributed by atoms with Crippen LogP contribution in [0.5, 0.6) is 0 Å². The van der Waals surface area contributed by atoms with Crippen LogP contribution in [-0.2, 0) is 0 Å². The van der Waals surface area contributed by atoms with E-state index in [-0.39, 0.29) is 0 Å². The lowest BCUT2D eigenvalue weighted by Gasteiger charge is -1.84. The second-order valence-electron chi connectivity index (χ2n) is 1.58. The quantitative estimate of drug-likeness (QED) is 0.620. The Kier molecular flexibility index (Phi) is 1.48. The number of rotatable bonds is 1. The fraction of sp³-hybridized carbons (Fsp3) is 0.400. The van der Waals surface area contributed by atoms with Crippen LogP contribution in [0, 0.1) is 6.92 Å². The highest BCUT2D eigenvalue weighted by molar-refractivity contribution is 7.10. The van der Waals surface area contributed by atoms with Crippen LogP contribution < -0.4 is 5.32 Å². The van der Waals surface area contributed by atoms with Crippen molar-refractivity contribution in [1.82, 2.24) is 4.37 Å². The molecule has 1 aromatic heterocycles. The fourth-order valence-corrected chi connectivity index (χ4v) is 1.09. The molecule has 3 heteroatoms. The minimum absolute atomic E-state index is 1.08. The van der Waals surface area contributed by atoms with Crippen LogP contribution in [0.15, 0.2) is 6.07 Å². The first kappa shape index (κ1) is 5.56. The second-order valence-corrected chi connectivity index (χ2v) is 2.39. The highest BCUT2D eigenvalue weighted by Gasteiger charge is 1.90. The van der Waals surface area contributed by atoms with Crippen molar-refractivity contribution < 1.29 is 0 Å². The van der Waals surface area contributed by atoms with Gasteiger partial charge in [-0.3, -0.25) is 0 Å². The molecule has 0 aliphatic rings. The van der Waals surface area contributed by atoms with Crippen molar-refractivity contribution in [3.05, 3.63) is 11.8 Å². The highest BCUT2D eigenvalue weighted by Crippen LogP contribution is 2.13. The lowest BCUT2D eigenvalue weighted by atomic mass is 10.5. The monoisotopic (exact) mass is 128 g/mol. The van der Waals surface area contributed by atoms with Gasteiger partial charge in [0.1, 0.15) is 5.00 Å². The van der Waals surface area contributed by atoms with Gasteiger partial charge in [-0.25, -0.2) is 0 Å². The van der Waals surface area contributed by atoms with Crippen LogP contribution in [0.25, 0.3) is 0 Å². The standard InChI is InChI=1S/C5H8N2S/c1-4-3-5(6-2)8-7-4/h3,6H,1-2H3. The summed E-state index contributed by atoms with van der Waals surface area (Å²) in [6.45, 7) is 1.98. The Labute approximate surface area is 52.7 Å². The van der Waals surface area contributed by atoms with E-state index in [0.29, 0.717) is 0 Å². The molecule has 2 nitrogen and oxygen atoms in total. The molecule has 0 fully saturated rings. The Balaban J connectivity index is 2.84. The Morgan fingerprint density at radius 3 is 2.75 bits per heavy atom. The smallest absolute Gasteiger partial charge is 0.109 e. The molecular formula is C5H8N2S. The molecule has 1 rings (SSSR count). The van der Waals surface area contributed by atoms with Crippen LogP contribution in [0.4, 0.5) is 5.00 Å². The third-order valence-electron chi connectivity index (χ3n) is 0.874. The number of aromatic nitrogens is 1. The number of anilines is 1. The predicted molar refractivity (Wildman–Crippen MR) is 36.4 cm³/mol. The van der Waals surface area contributed by atoms with Crippen LogP contribution >= 0.6 is 11.5 Å². The van der Waals surface area contributed by atoms with E-state index >= 15 is 0 Å². The summed E-state index contributed by atoms with van der Waals surface area (Å²) in [5, 5.41) is 4.13. The molecule has 0 aliphatic carbocycles. The zero-order chi connectivity index (χ0) is 5.98. The van der Waals surface area contributed by atoms with Crippen LogP contribution in [0.2, 0.25) is 0 Å². The van der Waals surface area contributed by atoms with Crippen molar-refractivity contribution in [2.24, 2.45) is 0 Å². The second kappa shape index (κ2) is 2.13. The highest BCUT2D eigenvalue weighted by atomic mass is 32.1. The van der Waals surface area contributed by atoms with Gasteiger partial charge in [-0.2, -0.15) is 4.37 Å². The third-order valence-corrected chi connectivity index (χ3v) is 1.77. The molecule has 0 aliphatic heterocycles. The van der Waals surface area contributed by atoms with Crippen molar-refractivity contribution in [1.29, 1.82) is 0 Å². The van der Waals surface area contributed by atoms with Gasteiger partial charge in [0, 0.05) is 7.05 Å². The first-order chi connectivity index (χ1) is 3.83. The summed E-state index contributed by atoms with van der Waals surface area (Å²) >= 11 is 1.49. The molecule has 0 atom stereocenters. The zero-order valence-corrected chi connectivity index (χ0v) is 5.75. The van der Waals surface area contributed by atoms with Crippen molar-refractivity contribution >= 4 is 16.5 Å². The normalized spacial score (nSPS) is 9.25. The number of aryl methyl sites for hydroxylation is 1. The van der Waals surface area contributed by atoms with Gasteiger partial charge in [0.2, 0.25) is 0 Å². The van der Waals surface area contributed by atoms with E-state index in [1.807, 2.05) is 20.0 Å². The Hall–Kier alpha value is -0.570. The van der Waals surface area contributed by atoms with Gasteiger partial charge in [-0.05, 0) is 24.5 Å². The van der Waals surface area contributed by atoms with Gasteiger partial charge in [0.05, 0.1) is 5.69 Å². The topological polar surface area (TPSA) is 24.9 Å². The summed E-state index contributed by atoms with van der Waals surface area (Å²) in [5.41, 5.74) is 1.08. The van der Waals surface area contributed by atoms with Gasteiger partial charge in [0.15, 0.2) is 0 Å². The molecule has 0 saturated heterocycles. The molecular weight excluding hydrogens is 120 g/mol. The van der Waals surface area contributed by atoms with E-state index in [9.17, 15) is 0 Å². The molecule has 0 radical (unpaired) electrons. The summed E-state index contributed by atoms with van der Waals surface area (Å²) in [6, 6.07) is 2.02. The van der Waals surface area contributed by atoms with Gasteiger partial charge >= 0.3 is 0 Å². The van der Waals surface area contributed by atoms with Crippen molar-refractivity contribution in [3.8, 4) is 0 Å². The maximum Gasteiger partial charge on any atom is 0.109 e. The van der Waals surface area contributed by atoms with Crippen LogP contribution in [0.3, 0.4) is 0 Å². The third kappa shape index (κ3) is 0.980. The van der Waals surface area contributed by atoms with Gasteiger partial charge < -0.3 is 5.32 Å². The number of nitrogens with one attached hydrogen (secondary N) is 1. The lowest BCUT2D eigenvalue weighted by molar-refractivity contribution is 1.34. The molecule has 1 heterocycles. The molecule has 0 amide bonds. The molecule has 0 aromatic carbocycles. The van der Waals surface area contributed by atoms with Crippen molar-refractivity contribution in [2.75, 3.05) is 12.4 Å². The van der Waals surface area contributed by atoms with E-state index in [0.717, 1.165) is 10.7 Å². The van der Waals surface area contributed by atoms with Crippen molar-refractivity contribution in [3.63, 3.8) is 0 Å². The molecule has 8 heavy (non-hydrogen) atoms. The average molecular weight is 128 g/mol.